The fourth-order valence-corrected chi connectivity index (χ4v) is 2.77. The van der Waals surface area contributed by atoms with E-state index in [1.54, 1.807) is 4.68 Å². The first-order valence-corrected chi connectivity index (χ1v) is 7.27. The Labute approximate surface area is 126 Å². The quantitative estimate of drug-likeness (QED) is 0.692. The van der Waals surface area contributed by atoms with E-state index in [-0.39, 0.29) is 0 Å². The number of halogens is 2. The van der Waals surface area contributed by atoms with Gasteiger partial charge in [0.15, 0.2) is 0 Å². The molecule has 2 heterocycles. The summed E-state index contributed by atoms with van der Waals surface area (Å²) in [6, 6.07) is 5.80. The van der Waals surface area contributed by atoms with Gasteiger partial charge >= 0.3 is 0 Å². The minimum atomic E-state index is 0.373. The zero-order valence-electron chi connectivity index (χ0n) is 11.1. The van der Waals surface area contributed by atoms with Crippen LogP contribution in [0, 0.1) is 0 Å². The van der Waals surface area contributed by atoms with E-state index in [9.17, 15) is 0 Å². The molecule has 0 saturated heterocycles. The maximum atomic E-state index is 6.19. The molecule has 20 heavy (non-hydrogen) atoms. The standard InChI is InChI=1S/C14H14Cl2N4/c1-19-9-10(8-17-19)5-6-20-12-4-2-3-11(16)14(12)18-13(20)7-15/h2-4,8-9H,5-7H2,1H3. The van der Waals surface area contributed by atoms with Crippen molar-refractivity contribution in [2.75, 3.05) is 0 Å². The van der Waals surface area contributed by atoms with Crippen molar-refractivity contribution >= 4 is 34.2 Å². The zero-order chi connectivity index (χ0) is 14.1. The molecule has 0 bridgehead atoms. The molecule has 104 valence electrons. The van der Waals surface area contributed by atoms with Gasteiger partial charge in [-0.25, -0.2) is 4.98 Å². The second kappa shape index (κ2) is 5.46. The Morgan fingerprint density at radius 1 is 1.30 bits per heavy atom. The highest BCUT2D eigenvalue weighted by molar-refractivity contribution is 6.35. The van der Waals surface area contributed by atoms with E-state index in [0.29, 0.717) is 10.9 Å². The molecule has 0 amide bonds. The molecule has 4 nitrogen and oxygen atoms in total. The second-order valence-corrected chi connectivity index (χ2v) is 5.37. The molecule has 3 aromatic rings. The maximum Gasteiger partial charge on any atom is 0.124 e. The van der Waals surface area contributed by atoms with Gasteiger partial charge in [-0.1, -0.05) is 17.7 Å². The molecule has 0 saturated carbocycles. The average Bonchev–Trinajstić information content (AvgIpc) is 3.01. The Bertz CT molecular complexity index is 745. The van der Waals surface area contributed by atoms with Crippen LogP contribution in [0.1, 0.15) is 11.4 Å². The zero-order valence-corrected chi connectivity index (χ0v) is 12.6. The lowest BCUT2D eigenvalue weighted by atomic mass is 10.2. The molecule has 0 N–H and O–H groups in total. The van der Waals surface area contributed by atoms with Crippen molar-refractivity contribution in [1.29, 1.82) is 0 Å². The van der Waals surface area contributed by atoms with Crippen LogP contribution < -0.4 is 0 Å². The number of fused-ring (bicyclic) bond motifs is 1. The molecule has 0 aliphatic rings. The third-order valence-corrected chi connectivity index (χ3v) is 3.85. The number of hydrogen-bond donors (Lipinski definition) is 0. The van der Waals surface area contributed by atoms with Gasteiger partial charge in [-0.05, 0) is 24.1 Å². The lowest BCUT2D eigenvalue weighted by Gasteiger charge is -2.06. The Balaban J connectivity index is 1.95. The Morgan fingerprint density at radius 2 is 2.15 bits per heavy atom. The first-order chi connectivity index (χ1) is 9.69. The average molecular weight is 309 g/mol. The van der Waals surface area contributed by atoms with Gasteiger partial charge in [0.2, 0.25) is 0 Å². The highest BCUT2D eigenvalue weighted by Crippen LogP contribution is 2.25. The first kappa shape index (κ1) is 13.5. The first-order valence-electron chi connectivity index (χ1n) is 6.36. The number of nitrogens with zero attached hydrogens (tertiary/aromatic N) is 4. The molecule has 1 aromatic carbocycles. The summed E-state index contributed by atoms with van der Waals surface area (Å²) in [6.45, 7) is 0.810. The molecule has 2 aromatic heterocycles. The molecular formula is C14H14Cl2N4. The van der Waals surface area contributed by atoms with Crippen LogP contribution in [0.3, 0.4) is 0 Å². The number of aromatic nitrogens is 4. The summed E-state index contributed by atoms with van der Waals surface area (Å²) in [6.07, 6.45) is 4.79. The van der Waals surface area contributed by atoms with Crippen LogP contribution in [-0.2, 0) is 25.9 Å². The van der Waals surface area contributed by atoms with Crippen molar-refractivity contribution in [3.63, 3.8) is 0 Å². The molecule has 0 atom stereocenters. The van der Waals surface area contributed by atoms with E-state index in [2.05, 4.69) is 14.6 Å². The van der Waals surface area contributed by atoms with E-state index in [4.69, 9.17) is 23.2 Å². The highest BCUT2D eigenvalue weighted by atomic mass is 35.5. The van der Waals surface area contributed by atoms with Crippen molar-refractivity contribution in [2.24, 2.45) is 7.05 Å². The second-order valence-electron chi connectivity index (χ2n) is 4.69. The molecule has 3 rings (SSSR count). The van der Waals surface area contributed by atoms with Gasteiger partial charge in [0, 0.05) is 19.8 Å². The molecule has 0 aliphatic heterocycles. The number of imidazole rings is 1. The normalized spacial score (nSPS) is 11.3. The van der Waals surface area contributed by atoms with Crippen molar-refractivity contribution in [3.05, 3.63) is 47.0 Å². The van der Waals surface area contributed by atoms with Crippen LogP contribution in [-0.4, -0.2) is 19.3 Å². The fourth-order valence-electron chi connectivity index (χ4n) is 2.35. The molecule has 0 radical (unpaired) electrons. The van der Waals surface area contributed by atoms with Crippen LogP contribution in [0.25, 0.3) is 11.0 Å². The van der Waals surface area contributed by atoms with Crippen LogP contribution in [0.4, 0.5) is 0 Å². The van der Waals surface area contributed by atoms with Gasteiger partial charge in [0.1, 0.15) is 11.3 Å². The van der Waals surface area contributed by atoms with Crippen molar-refractivity contribution < 1.29 is 0 Å². The number of hydrogen-bond acceptors (Lipinski definition) is 2. The summed E-state index contributed by atoms with van der Waals surface area (Å²) >= 11 is 12.2. The highest BCUT2D eigenvalue weighted by Gasteiger charge is 2.12. The van der Waals surface area contributed by atoms with E-state index >= 15 is 0 Å². The van der Waals surface area contributed by atoms with Gasteiger partial charge < -0.3 is 4.57 Å². The molecule has 0 fully saturated rings. The van der Waals surface area contributed by atoms with E-state index in [0.717, 1.165) is 29.8 Å². The molecular weight excluding hydrogens is 295 g/mol. The van der Waals surface area contributed by atoms with Crippen molar-refractivity contribution in [2.45, 2.75) is 18.8 Å². The topological polar surface area (TPSA) is 35.6 Å². The van der Waals surface area contributed by atoms with E-state index in [1.165, 1.54) is 5.56 Å². The van der Waals surface area contributed by atoms with Crippen LogP contribution in [0.5, 0.6) is 0 Å². The largest absolute Gasteiger partial charge is 0.327 e. The molecule has 0 spiro atoms. The molecule has 0 unspecified atom stereocenters. The minimum absolute atomic E-state index is 0.373. The number of para-hydroxylation sites is 1. The molecule has 6 heteroatoms. The predicted octanol–water partition coefficient (Wildman–Crippen LogP) is 3.40. The monoisotopic (exact) mass is 308 g/mol. The van der Waals surface area contributed by atoms with Gasteiger partial charge in [-0.15, -0.1) is 11.6 Å². The van der Waals surface area contributed by atoms with Crippen molar-refractivity contribution in [3.8, 4) is 0 Å². The smallest absolute Gasteiger partial charge is 0.124 e. The van der Waals surface area contributed by atoms with E-state index < -0.39 is 0 Å². The van der Waals surface area contributed by atoms with Crippen LogP contribution in [0.2, 0.25) is 5.02 Å². The SMILES string of the molecule is Cn1cc(CCn2c(CCl)nc3c(Cl)cccc32)cn1. The van der Waals surface area contributed by atoms with Gasteiger partial charge in [0.25, 0.3) is 0 Å². The van der Waals surface area contributed by atoms with Gasteiger partial charge in [-0.3, -0.25) is 4.68 Å². The van der Waals surface area contributed by atoms with E-state index in [1.807, 2.05) is 37.6 Å². The Morgan fingerprint density at radius 3 is 2.85 bits per heavy atom. The third kappa shape index (κ3) is 2.41. The summed E-state index contributed by atoms with van der Waals surface area (Å²) in [4.78, 5) is 4.53. The number of aryl methyl sites for hydroxylation is 3. The number of alkyl halides is 1. The van der Waals surface area contributed by atoms with Crippen molar-refractivity contribution in [1.82, 2.24) is 19.3 Å². The van der Waals surface area contributed by atoms with Crippen LogP contribution >= 0.6 is 23.2 Å². The predicted molar refractivity (Wildman–Crippen MR) is 81.2 cm³/mol. The lowest BCUT2D eigenvalue weighted by Crippen LogP contribution is -2.04. The number of rotatable bonds is 4. The Hall–Kier alpha value is -1.52. The summed E-state index contributed by atoms with van der Waals surface area (Å²) < 4.78 is 3.93. The fraction of sp³-hybridized carbons (Fsp3) is 0.286. The number of benzene rings is 1. The summed E-state index contributed by atoms with van der Waals surface area (Å²) in [5.41, 5.74) is 3.03. The third-order valence-electron chi connectivity index (χ3n) is 3.31. The maximum absolute atomic E-state index is 6.19. The molecule has 0 aliphatic carbocycles. The van der Waals surface area contributed by atoms with Gasteiger partial charge in [-0.2, -0.15) is 5.10 Å². The summed E-state index contributed by atoms with van der Waals surface area (Å²) in [5, 5.41) is 4.84. The van der Waals surface area contributed by atoms with Crippen LogP contribution in [0.15, 0.2) is 30.6 Å². The summed E-state index contributed by atoms with van der Waals surface area (Å²) in [7, 11) is 1.92. The summed E-state index contributed by atoms with van der Waals surface area (Å²) in [5.74, 6) is 1.22. The lowest BCUT2D eigenvalue weighted by molar-refractivity contribution is 0.687. The Kier molecular flexibility index (Phi) is 3.68. The van der Waals surface area contributed by atoms with Gasteiger partial charge in [0.05, 0.1) is 22.6 Å². The minimum Gasteiger partial charge on any atom is -0.327 e.